The Balaban J connectivity index is 1.55. The zero-order chi connectivity index (χ0) is 13.4. The summed E-state index contributed by atoms with van der Waals surface area (Å²) in [7, 11) is 1.81. The lowest BCUT2D eigenvalue weighted by molar-refractivity contribution is -0.134. The van der Waals surface area contributed by atoms with Gasteiger partial charge in [0.25, 0.3) is 0 Å². The summed E-state index contributed by atoms with van der Waals surface area (Å²) in [5, 5.41) is 6.50. The topological polar surface area (TPSA) is 61.4 Å². The molecule has 0 bridgehead atoms. The van der Waals surface area contributed by atoms with Gasteiger partial charge in [-0.2, -0.15) is 0 Å². The number of carbonyl (C=O) groups excluding carboxylic acids is 2. The van der Waals surface area contributed by atoms with E-state index in [1.165, 1.54) is 19.3 Å². The highest BCUT2D eigenvalue weighted by molar-refractivity contribution is 5.83. The summed E-state index contributed by atoms with van der Waals surface area (Å²) in [6, 6.07) is 0.118. The normalized spacial score (nSPS) is 38.4. The van der Waals surface area contributed by atoms with E-state index >= 15 is 0 Å². The van der Waals surface area contributed by atoms with E-state index < -0.39 is 0 Å². The highest BCUT2D eigenvalue weighted by Gasteiger charge is 2.42. The molecule has 0 radical (unpaired) electrons. The third-order valence-electron chi connectivity index (χ3n) is 5.00. The molecule has 0 aromatic heterocycles. The minimum absolute atomic E-state index is 0.00423. The van der Waals surface area contributed by atoms with E-state index in [-0.39, 0.29) is 23.9 Å². The van der Waals surface area contributed by atoms with Gasteiger partial charge in [0.2, 0.25) is 11.8 Å². The molecule has 106 valence electrons. The van der Waals surface area contributed by atoms with Gasteiger partial charge in [0.1, 0.15) is 0 Å². The first-order valence-electron chi connectivity index (χ1n) is 7.43. The lowest BCUT2D eigenvalue weighted by Crippen LogP contribution is -2.53. The predicted octanol–water partition coefficient (Wildman–Crippen LogP) is 0.112. The van der Waals surface area contributed by atoms with Crippen molar-refractivity contribution in [3.63, 3.8) is 0 Å². The molecule has 1 aliphatic carbocycles. The van der Waals surface area contributed by atoms with Crippen LogP contribution in [0.2, 0.25) is 0 Å². The second-order valence-corrected chi connectivity index (χ2v) is 6.26. The van der Waals surface area contributed by atoms with E-state index in [1.807, 2.05) is 7.05 Å². The molecule has 19 heavy (non-hydrogen) atoms. The fourth-order valence-electron chi connectivity index (χ4n) is 3.90. The van der Waals surface area contributed by atoms with E-state index in [9.17, 15) is 9.59 Å². The molecule has 2 N–H and O–H groups in total. The number of rotatable bonds is 2. The Morgan fingerprint density at radius 1 is 1.37 bits per heavy atom. The Kier molecular flexibility index (Phi) is 3.48. The molecule has 2 saturated heterocycles. The summed E-state index contributed by atoms with van der Waals surface area (Å²) in [6.07, 6.45) is 5.03. The van der Waals surface area contributed by atoms with Crippen LogP contribution in [0.3, 0.4) is 0 Å². The molecule has 3 aliphatic rings. The number of piperidine rings is 1. The highest BCUT2D eigenvalue weighted by atomic mass is 16.2. The molecular weight excluding hydrogens is 242 g/mol. The van der Waals surface area contributed by atoms with Gasteiger partial charge in [0.05, 0.1) is 6.04 Å². The van der Waals surface area contributed by atoms with Crippen molar-refractivity contribution in [2.24, 2.45) is 11.8 Å². The molecule has 2 aliphatic heterocycles. The zero-order valence-corrected chi connectivity index (χ0v) is 11.5. The average molecular weight is 265 g/mol. The molecule has 0 aromatic rings. The molecule has 0 spiro atoms. The molecule has 5 nitrogen and oxygen atoms in total. The van der Waals surface area contributed by atoms with Crippen LogP contribution in [-0.2, 0) is 9.59 Å². The molecule has 3 rings (SSSR count). The second-order valence-electron chi connectivity index (χ2n) is 6.26. The number of nitrogens with one attached hydrogen (secondary N) is 2. The molecule has 4 atom stereocenters. The Hall–Kier alpha value is -1.10. The van der Waals surface area contributed by atoms with E-state index in [4.69, 9.17) is 0 Å². The van der Waals surface area contributed by atoms with Crippen LogP contribution in [0, 0.1) is 11.8 Å². The van der Waals surface area contributed by atoms with Crippen molar-refractivity contribution in [2.45, 2.75) is 44.2 Å². The van der Waals surface area contributed by atoms with Gasteiger partial charge in [0, 0.05) is 26.1 Å². The van der Waals surface area contributed by atoms with Crippen LogP contribution in [0.5, 0.6) is 0 Å². The van der Waals surface area contributed by atoms with E-state index in [1.54, 1.807) is 4.90 Å². The summed E-state index contributed by atoms with van der Waals surface area (Å²) < 4.78 is 0. The minimum atomic E-state index is -0.00423. The van der Waals surface area contributed by atoms with E-state index in [2.05, 4.69) is 10.6 Å². The van der Waals surface area contributed by atoms with Crippen LogP contribution < -0.4 is 10.6 Å². The van der Waals surface area contributed by atoms with E-state index in [0.29, 0.717) is 24.8 Å². The third kappa shape index (κ3) is 2.48. The minimum Gasteiger partial charge on any atom is -0.350 e. The van der Waals surface area contributed by atoms with Crippen molar-refractivity contribution in [3.05, 3.63) is 0 Å². The Morgan fingerprint density at radius 2 is 2.21 bits per heavy atom. The van der Waals surface area contributed by atoms with Gasteiger partial charge in [0.15, 0.2) is 0 Å². The van der Waals surface area contributed by atoms with Crippen molar-refractivity contribution in [1.29, 1.82) is 0 Å². The SMILES string of the molecule is CN1CC(NC(=O)C2NCC3CCCC32)CCC1=O. The van der Waals surface area contributed by atoms with Gasteiger partial charge >= 0.3 is 0 Å². The lowest BCUT2D eigenvalue weighted by Gasteiger charge is -2.31. The Morgan fingerprint density at radius 3 is 3.00 bits per heavy atom. The van der Waals surface area contributed by atoms with Gasteiger partial charge in [-0.25, -0.2) is 0 Å². The van der Waals surface area contributed by atoms with Gasteiger partial charge in [-0.3, -0.25) is 9.59 Å². The largest absolute Gasteiger partial charge is 0.350 e. The fourth-order valence-corrected chi connectivity index (χ4v) is 3.90. The first kappa shape index (κ1) is 12.9. The standard InChI is InChI=1S/C14H23N3O2/c1-17-8-10(5-6-12(17)18)16-14(19)13-11-4-2-3-9(11)7-15-13/h9-11,13,15H,2-8H2,1H3,(H,16,19). The highest BCUT2D eigenvalue weighted by Crippen LogP contribution is 2.37. The summed E-state index contributed by atoms with van der Waals surface area (Å²) in [4.78, 5) is 25.5. The molecule has 3 fully saturated rings. The first-order chi connectivity index (χ1) is 9.15. The van der Waals surface area contributed by atoms with Gasteiger partial charge in [-0.1, -0.05) is 6.42 Å². The summed E-state index contributed by atoms with van der Waals surface area (Å²) in [6.45, 7) is 1.64. The quantitative estimate of drug-likeness (QED) is 0.745. The smallest absolute Gasteiger partial charge is 0.237 e. The van der Waals surface area contributed by atoms with Crippen LogP contribution in [0.1, 0.15) is 32.1 Å². The number of likely N-dealkylation sites (N-methyl/N-ethyl adjacent to an activating group) is 1. The summed E-state index contributed by atoms with van der Waals surface area (Å²) in [5.41, 5.74) is 0. The average Bonchev–Trinajstić information content (AvgIpc) is 2.95. The summed E-state index contributed by atoms with van der Waals surface area (Å²) in [5.74, 6) is 1.55. The number of hydrogen-bond donors (Lipinski definition) is 2. The van der Waals surface area contributed by atoms with Gasteiger partial charge in [-0.05, 0) is 37.6 Å². The molecule has 4 unspecified atom stereocenters. The van der Waals surface area contributed by atoms with Crippen LogP contribution in [-0.4, -0.2) is 48.9 Å². The lowest BCUT2D eigenvalue weighted by atomic mass is 9.93. The molecule has 0 aromatic carbocycles. The maximum Gasteiger partial charge on any atom is 0.237 e. The van der Waals surface area contributed by atoms with Crippen molar-refractivity contribution >= 4 is 11.8 Å². The van der Waals surface area contributed by atoms with Crippen molar-refractivity contribution < 1.29 is 9.59 Å². The Bertz CT molecular complexity index is 385. The van der Waals surface area contributed by atoms with Crippen LogP contribution in [0.15, 0.2) is 0 Å². The fraction of sp³-hybridized carbons (Fsp3) is 0.857. The second kappa shape index (κ2) is 5.12. The number of amides is 2. The summed E-state index contributed by atoms with van der Waals surface area (Å²) >= 11 is 0. The number of hydrogen-bond acceptors (Lipinski definition) is 3. The Labute approximate surface area is 114 Å². The molecule has 5 heteroatoms. The molecular formula is C14H23N3O2. The first-order valence-corrected chi connectivity index (χ1v) is 7.43. The van der Waals surface area contributed by atoms with Gasteiger partial charge < -0.3 is 15.5 Å². The monoisotopic (exact) mass is 265 g/mol. The predicted molar refractivity (Wildman–Crippen MR) is 71.4 cm³/mol. The number of fused-ring (bicyclic) bond motifs is 1. The molecule has 2 heterocycles. The van der Waals surface area contributed by atoms with Crippen LogP contribution in [0.25, 0.3) is 0 Å². The third-order valence-corrected chi connectivity index (χ3v) is 5.00. The maximum atomic E-state index is 12.4. The maximum absolute atomic E-state index is 12.4. The molecule has 1 saturated carbocycles. The number of carbonyl (C=O) groups is 2. The van der Waals surface area contributed by atoms with Crippen LogP contribution in [0.4, 0.5) is 0 Å². The van der Waals surface area contributed by atoms with Gasteiger partial charge in [-0.15, -0.1) is 0 Å². The molecule has 2 amide bonds. The van der Waals surface area contributed by atoms with Crippen molar-refractivity contribution in [1.82, 2.24) is 15.5 Å². The zero-order valence-electron chi connectivity index (χ0n) is 11.5. The number of likely N-dealkylation sites (tertiary alicyclic amines) is 1. The van der Waals surface area contributed by atoms with E-state index in [0.717, 1.165) is 13.0 Å². The van der Waals surface area contributed by atoms with Crippen molar-refractivity contribution in [3.8, 4) is 0 Å². The van der Waals surface area contributed by atoms with Crippen molar-refractivity contribution in [2.75, 3.05) is 20.1 Å². The van der Waals surface area contributed by atoms with Crippen LogP contribution >= 0.6 is 0 Å². The number of nitrogens with zero attached hydrogens (tertiary/aromatic N) is 1.